The van der Waals surface area contributed by atoms with Crippen molar-refractivity contribution >= 4 is 0 Å². The molecule has 1 aromatic rings. The van der Waals surface area contributed by atoms with Gasteiger partial charge in [0.15, 0.2) is 0 Å². The Kier molecular flexibility index (Phi) is 3.16. The second-order valence-corrected chi connectivity index (χ2v) is 4.75. The lowest BCUT2D eigenvalue weighted by Gasteiger charge is -2.27. The number of hydrogen-bond acceptors (Lipinski definition) is 4. The van der Waals surface area contributed by atoms with E-state index in [2.05, 4.69) is 21.5 Å². The van der Waals surface area contributed by atoms with E-state index in [4.69, 9.17) is 0 Å². The number of hydrogen-bond donors (Lipinski definition) is 1. The predicted molar refractivity (Wildman–Crippen MR) is 64.2 cm³/mol. The van der Waals surface area contributed by atoms with Crippen molar-refractivity contribution in [3.8, 4) is 6.07 Å². The van der Waals surface area contributed by atoms with Crippen LogP contribution in [-0.4, -0.2) is 26.8 Å². The van der Waals surface area contributed by atoms with E-state index in [1.54, 1.807) is 0 Å². The Hall–Kier alpha value is -1.41. The molecule has 1 unspecified atom stereocenters. The molecule has 17 heavy (non-hydrogen) atoms. The van der Waals surface area contributed by atoms with Crippen LogP contribution in [0.4, 0.5) is 0 Å². The second kappa shape index (κ2) is 4.46. The Morgan fingerprint density at radius 3 is 2.65 bits per heavy atom. The van der Waals surface area contributed by atoms with Crippen LogP contribution in [0.25, 0.3) is 0 Å². The van der Waals surface area contributed by atoms with E-state index in [0.29, 0.717) is 12.5 Å². The molecule has 1 aliphatic carbocycles. The maximum absolute atomic E-state index is 9.50. The highest BCUT2D eigenvalue weighted by molar-refractivity contribution is 5.15. The maximum atomic E-state index is 9.50. The lowest BCUT2D eigenvalue weighted by molar-refractivity contribution is 0.307. The van der Waals surface area contributed by atoms with Crippen molar-refractivity contribution in [3.63, 3.8) is 0 Å². The van der Waals surface area contributed by atoms with E-state index < -0.39 is 5.54 Å². The number of rotatable bonds is 5. The van der Waals surface area contributed by atoms with Gasteiger partial charge in [0.25, 0.3) is 0 Å². The van der Waals surface area contributed by atoms with Crippen LogP contribution in [0.1, 0.15) is 31.4 Å². The molecule has 1 aromatic heterocycles. The molecule has 1 atom stereocenters. The lowest BCUT2D eigenvalue weighted by Crippen LogP contribution is -2.49. The summed E-state index contributed by atoms with van der Waals surface area (Å²) in [6, 6.07) is 2.46. The van der Waals surface area contributed by atoms with Gasteiger partial charge in [0, 0.05) is 0 Å². The van der Waals surface area contributed by atoms with Gasteiger partial charge in [0.1, 0.15) is 17.2 Å². The molecule has 92 valence electrons. The van der Waals surface area contributed by atoms with Crippen LogP contribution in [0.2, 0.25) is 0 Å². The topological polar surface area (TPSA) is 66.5 Å². The van der Waals surface area contributed by atoms with Crippen LogP contribution in [0.15, 0.2) is 0 Å². The minimum Gasteiger partial charge on any atom is -0.298 e. The molecule has 0 aliphatic heterocycles. The normalized spacial score (nSPS) is 18.7. The third-order valence-corrected chi connectivity index (χ3v) is 3.33. The monoisotopic (exact) mass is 233 g/mol. The lowest BCUT2D eigenvalue weighted by atomic mass is 9.95. The van der Waals surface area contributed by atoms with Gasteiger partial charge in [0.05, 0.1) is 12.6 Å². The first-order valence-electron chi connectivity index (χ1n) is 6.15. The Morgan fingerprint density at radius 2 is 2.24 bits per heavy atom. The Balaban J connectivity index is 2.23. The molecular formula is C12H19N5. The quantitative estimate of drug-likeness (QED) is 0.829. The molecule has 1 N–H and O–H groups in total. The molecule has 0 bridgehead atoms. The zero-order chi connectivity index (χ0) is 12.5. The number of likely N-dealkylation sites (N-methyl/N-ethyl adjacent to an activating group) is 1. The van der Waals surface area contributed by atoms with Gasteiger partial charge >= 0.3 is 0 Å². The number of aryl methyl sites for hydroxylation is 2. The van der Waals surface area contributed by atoms with Crippen LogP contribution in [-0.2, 0) is 6.54 Å². The summed E-state index contributed by atoms with van der Waals surface area (Å²) in [5.41, 5.74) is -0.473. The van der Waals surface area contributed by atoms with Gasteiger partial charge in [-0.1, -0.05) is 6.92 Å². The molecule has 0 spiro atoms. The average Bonchev–Trinajstić information content (AvgIpc) is 3.07. The fraction of sp³-hybridized carbons (Fsp3) is 0.750. The molecule has 5 heteroatoms. The summed E-state index contributed by atoms with van der Waals surface area (Å²) < 4.78 is 1.85. The molecule has 0 amide bonds. The van der Waals surface area contributed by atoms with Crippen molar-refractivity contribution in [1.29, 1.82) is 5.26 Å². The van der Waals surface area contributed by atoms with Crippen molar-refractivity contribution in [2.24, 2.45) is 5.92 Å². The van der Waals surface area contributed by atoms with Crippen LogP contribution in [0, 0.1) is 31.1 Å². The maximum Gasteiger partial charge on any atom is 0.147 e. The summed E-state index contributed by atoms with van der Waals surface area (Å²) in [7, 11) is 0. The largest absolute Gasteiger partial charge is 0.298 e. The first-order chi connectivity index (χ1) is 8.11. The second-order valence-electron chi connectivity index (χ2n) is 4.75. The van der Waals surface area contributed by atoms with Crippen LogP contribution in [0.3, 0.4) is 0 Å². The Morgan fingerprint density at radius 1 is 1.53 bits per heavy atom. The van der Waals surface area contributed by atoms with Gasteiger partial charge in [-0.2, -0.15) is 10.4 Å². The van der Waals surface area contributed by atoms with Gasteiger partial charge in [-0.15, -0.1) is 0 Å². The highest BCUT2D eigenvalue weighted by Crippen LogP contribution is 2.40. The van der Waals surface area contributed by atoms with Gasteiger partial charge in [-0.3, -0.25) is 5.32 Å². The van der Waals surface area contributed by atoms with E-state index in [-0.39, 0.29) is 0 Å². The third kappa shape index (κ3) is 2.32. The molecule has 1 aliphatic rings. The predicted octanol–water partition coefficient (Wildman–Crippen LogP) is 1.18. The van der Waals surface area contributed by atoms with Gasteiger partial charge in [-0.05, 0) is 39.2 Å². The number of nitrogens with zero attached hydrogens (tertiary/aromatic N) is 4. The summed E-state index contributed by atoms with van der Waals surface area (Å²) in [4.78, 5) is 4.28. The molecule has 0 saturated heterocycles. The van der Waals surface area contributed by atoms with E-state index in [1.807, 2.05) is 25.5 Å². The summed E-state index contributed by atoms with van der Waals surface area (Å²) in [6.45, 7) is 7.24. The smallest absolute Gasteiger partial charge is 0.147 e. The highest BCUT2D eigenvalue weighted by Gasteiger charge is 2.46. The summed E-state index contributed by atoms with van der Waals surface area (Å²) >= 11 is 0. The SMILES string of the molecule is CCNC(C#N)(Cn1nc(C)nc1C)C1CC1. The number of nitriles is 1. The number of aromatic nitrogens is 3. The van der Waals surface area contributed by atoms with E-state index in [9.17, 15) is 5.26 Å². The Bertz CT molecular complexity index is 440. The molecule has 5 nitrogen and oxygen atoms in total. The fourth-order valence-corrected chi connectivity index (χ4v) is 2.33. The summed E-state index contributed by atoms with van der Waals surface area (Å²) in [5.74, 6) is 2.10. The molecule has 1 fully saturated rings. The van der Waals surface area contributed by atoms with Crippen LogP contribution >= 0.6 is 0 Å². The molecule has 2 rings (SSSR count). The Labute approximate surface area is 102 Å². The minimum atomic E-state index is -0.473. The third-order valence-electron chi connectivity index (χ3n) is 3.33. The van der Waals surface area contributed by atoms with E-state index >= 15 is 0 Å². The van der Waals surface area contributed by atoms with E-state index in [0.717, 1.165) is 31.0 Å². The average molecular weight is 233 g/mol. The van der Waals surface area contributed by atoms with Gasteiger partial charge < -0.3 is 0 Å². The first-order valence-corrected chi connectivity index (χ1v) is 6.15. The van der Waals surface area contributed by atoms with E-state index in [1.165, 1.54) is 0 Å². The molecule has 1 saturated carbocycles. The van der Waals surface area contributed by atoms with Crippen molar-refractivity contribution < 1.29 is 0 Å². The zero-order valence-corrected chi connectivity index (χ0v) is 10.7. The summed E-state index contributed by atoms with van der Waals surface area (Å²) in [6.07, 6.45) is 2.26. The fourth-order valence-electron chi connectivity index (χ4n) is 2.33. The first kappa shape index (κ1) is 12.1. The van der Waals surface area contributed by atoms with Crippen molar-refractivity contribution in [2.75, 3.05) is 6.54 Å². The molecule has 0 aromatic carbocycles. The van der Waals surface area contributed by atoms with Crippen molar-refractivity contribution in [3.05, 3.63) is 11.6 Å². The number of nitrogens with one attached hydrogen (secondary N) is 1. The minimum absolute atomic E-state index is 0.455. The van der Waals surface area contributed by atoms with Gasteiger partial charge in [-0.25, -0.2) is 9.67 Å². The van der Waals surface area contributed by atoms with Crippen molar-refractivity contribution in [2.45, 2.75) is 45.7 Å². The van der Waals surface area contributed by atoms with Crippen LogP contribution in [0.5, 0.6) is 0 Å². The molecule has 1 heterocycles. The molecular weight excluding hydrogens is 214 g/mol. The zero-order valence-electron chi connectivity index (χ0n) is 10.7. The van der Waals surface area contributed by atoms with Crippen molar-refractivity contribution in [1.82, 2.24) is 20.1 Å². The summed E-state index contributed by atoms with van der Waals surface area (Å²) in [5, 5.41) is 17.2. The van der Waals surface area contributed by atoms with Gasteiger partial charge in [0.2, 0.25) is 0 Å². The highest BCUT2D eigenvalue weighted by atomic mass is 15.4. The van der Waals surface area contributed by atoms with Crippen LogP contribution < -0.4 is 5.32 Å². The molecule has 0 radical (unpaired) electrons. The standard InChI is InChI=1S/C12H19N5/c1-4-14-12(7-13,11-5-6-11)8-17-10(3)15-9(2)16-17/h11,14H,4-6,8H2,1-3H3.